The lowest BCUT2D eigenvalue weighted by Gasteiger charge is -2.37. The van der Waals surface area contributed by atoms with Gasteiger partial charge in [-0.15, -0.1) is 0 Å². The third-order valence-corrected chi connectivity index (χ3v) is 8.24. The third-order valence-electron chi connectivity index (χ3n) is 8.24. The summed E-state index contributed by atoms with van der Waals surface area (Å²) in [5.41, 5.74) is 2.16. The van der Waals surface area contributed by atoms with Crippen LogP contribution in [0.25, 0.3) is 11.0 Å². The number of aromatic nitrogens is 4. The number of hydrogen-bond donors (Lipinski definition) is 4. The van der Waals surface area contributed by atoms with Gasteiger partial charge in [-0.3, -0.25) is 25.0 Å². The van der Waals surface area contributed by atoms with Crippen LogP contribution in [0.5, 0.6) is 11.6 Å². The number of hydrogen-bond acceptors (Lipinski definition) is 9. The zero-order valence-corrected chi connectivity index (χ0v) is 27.0. The molecule has 0 aliphatic heterocycles. The number of ketones is 1. The van der Waals surface area contributed by atoms with Gasteiger partial charge in [-0.2, -0.15) is 15.1 Å². The molecule has 1 atom stereocenters. The first-order valence-electron chi connectivity index (χ1n) is 15.6. The maximum Gasteiger partial charge on any atom is 0.304 e. The Hall–Kier alpha value is -5.62. The van der Waals surface area contributed by atoms with E-state index >= 15 is 0 Å². The van der Waals surface area contributed by atoms with Crippen LogP contribution < -0.4 is 15.4 Å². The highest BCUT2D eigenvalue weighted by molar-refractivity contribution is 5.92. The number of aromatic hydroxyl groups is 1. The molecule has 1 unspecified atom stereocenters. The SMILES string of the molecule is COc1ccc(C(NCCC(CC(=O)O)C(=O)Cn2ncc3c(O)nc(NC(=O)C(C)C)nc32)(c2ccccc2)c2ccccc2)cc1. The fraction of sp³-hybridized carbons (Fsp3) is 0.278. The van der Waals surface area contributed by atoms with E-state index in [1.54, 1.807) is 21.0 Å². The Balaban J connectivity index is 1.43. The molecule has 0 bridgehead atoms. The second-order valence-corrected chi connectivity index (χ2v) is 11.7. The number of methoxy groups -OCH3 is 1. The number of aliphatic carboxylic acids is 1. The van der Waals surface area contributed by atoms with Crippen LogP contribution >= 0.6 is 0 Å². The van der Waals surface area contributed by atoms with Crippen LogP contribution in [0.1, 0.15) is 43.4 Å². The number of amides is 1. The molecule has 0 radical (unpaired) electrons. The van der Waals surface area contributed by atoms with Crippen LogP contribution in [0.15, 0.2) is 91.1 Å². The van der Waals surface area contributed by atoms with Gasteiger partial charge in [0.15, 0.2) is 11.4 Å². The van der Waals surface area contributed by atoms with Gasteiger partial charge in [-0.05, 0) is 41.8 Å². The van der Waals surface area contributed by atoms with Crippen molar-refractivity contribution in [2.24, 2.45) is 11.8 Å². The Morgan fingerprint density at radius 1 is 0.896 bits per heavy atom. The van der Waals surface area contributed by atoms with Crippen LogP contribution in [0.2, 0.25) is 0 Å². The molecule has 248 valence electrons. The second-order valence-electron chi connectivity index (χ2n) is 11.7. The molecule has 0 aliphatic rings. The summed E-state index contributed by atoms with van der Waals surface area (Å²) in [5, 5.41) is 30.9. The summed E-state index contributed by atoms with van der Waals surface area (Å²) < 4.78 is 6.70. The smallest absolute Gasteiger partial charge is 0.304 e. The minimum atomic E-state index is -1.11. The molecule has 4 N–H and O–H groups in total. The van der Waals surface area contributed by atoms with Crippen molar-refractivity contribution < 1.29 is 29.3 Å². The second kappa shape index (κ2) is 14.9. The quantitative estimate of drug-likeness (QED) is 0.116. The number of Topliss-reactive ketones (excluding diaryl/α,β-unsaturated/α-hetero) is 1. The predicted octanol–water partition coefficient (Wildman–Crippen LogP) is 4.77. The Bertz CT molecular complexity index is 1840. The zero-order chi connectivity index (χ0) is 34.3. The van der Waals surface area contributed by atoms with Crippen LogP contribution in [0, 0.1) is 11.8 Å². The van der Waals surface area contributed by atoms with E-state index in [0.29, 0.717) is 5.75 Å². The molecule has 2 aromatic heterocycles. The standard InChI is InChI=1S/C36H38N6O6/c1-23(2)33(46)40-35-39-32-29(34(47)41-35)21-38-42(32)22-30(43)24(20-31(44)45)18-19-37-36(25-10-6-4-7-11-25,26-12-8-5-9-13-26)27-14-16-28(48-3)17-15-27/h4-17,21,23-24,37H,18-20,22H2,1-3H3,(H,44,45)(H2,39,40,41,46,47). The summed E-state index contributed by atoms with van der Waals surface area (Å²) in [6, 6.07) is 27.6. The van der Waals surface area contributed by atoms with E-state index in [1.807, 2.05) is 84.9 Å². The number of nitrogens with one attached hydrogen (secondary N) is 2. The van der Waals surface area contributed by atoms with Gasteiger partial charge in [0.25, 0.3) is 0 Å². The maximum atomic E-state index is 13.7. The molecule has 0 spiro atoms. The van der Waals surface area contributed by atoms with Crippen LogP contribution in [-0.2, 0) is 26.5 Å². The highest BCUT2D eigenvalue weighted by atomic mass is 16.5. The number of carboxylic acids is 1. The molecule has 12 nitrogen and oxygen atoms in total. The average molecular weight is 651 g/mol. The van der Waals surface area contributed by atoms with E-state index in [4.69, 9.17) is 4.74 Å². The molecule has 3 aromatic carbocycles. The molecule has 48 heavy (non-hydrogen) atoms. The minimum absolute atomic E-state index is 0.129. The highest BCUT2D eigenvalue weighted by Gasteiger charge is 2.36. The van der Waals surface area contributed by atoms with Gasteiger partial charge in [-0.25, -0.2) is 4.68 Å². The van der Waals surface area contributed by atoms with Crippen LogP contribution in [0.4, 0.5) is 5.95 Å². The lowest BCUT2D eigenvalue weighted by molar-refractivity contribution is -0.141. The summed E-state index contributed by atoms with van der Waals surface area (Å²) >= 11 is 0. The van der Waals surface area contributed by atoms with E-state index in [1.165, 1.54) is 10.9 Å². The normalized spacial score (nSPS) is 12.2. The van der Waals surface area contributed by atoms with Gasteiger partial charge in [-0.1, -0.05) is 86.6 Å². The molecular weight excluding hydrogens is 612 g/mol. The fourth-order valence-electron chi connectivity index (χ4n) is 5.69. The van der Waals surface area contributed by atoms with E-state index in [2.05, 4.69) is 25.7 Å². The van der Waals surface area contributed by atoms with Gasteiger partial charge < -0.3 is 14.9 Å². The van der Waals surface area contributed by atoms with E-state index < -0.39 is 23.3 Å². The van der Waals surface area contributed by atoms with Crippen LogP contribution in [0.3, 0.4) is 0 Å². The summed E-state index contributed by atoms with van der Waals surface area (Å²) in [7, 11) is 1.61. The van der Waals surface area contributed by atoms with E-state index in [-0.39, 0.29) is 60.5 Å². The van der Waals surface area contributed by atoms with Crippen molar-refractivity contribution in [1.82, 2.24) is 25.1 Å². The molecular formula is C36H38N6O6. The lowest BCUT2D eigenvalue weighted by atomic mass is 9.76. The number of fused-ring (bicyclic) bond motifs is 1. The first kappa shape index (κ1) is 33.7. The topological polar surface area (TPSA) is 169 Å². The first-order valence-corrected chi connectivity index (χ1v) is 15.6. The monoisotopic (exact) mass is 650 g/mol. The number of ether oxygens (including phenoxy) is 1. The van der Waals surface area contributed by atoms with E-state index in [0.717, 1.165) is 16.7 Å². The number of carbonyl (C=O) groups is 3. The van der Waals surface area contributed by atoms with Crippen molar-refractivity contribution in [3.8, 4) is 11.6 Å². The molecule has 0 aliphatic carbocycles. The van der Waals surface area contributed by atoms with Gasteiger partial charge in [0, 0.05) is 11.8 Å². The van der Waals surface area contributed by atoms with Crippen LogP contribution in [-0.4, -0.2) is 61.3 Å². The number of nitrogens with zero attached hydrogens (tertiary/aromatic N) is 4. The van der Waals surface area contributed by atoms with Gasteiger partial charge in [0.05, 0.1) is 25.3 Å². The lowest BCUT2D eigenvalue weighted by Crippen LogP contribution is -2.45. The molecule has 0 saturated carbocycles. The maximum absolute atomic E-state index is 13.7. The molecule has 0 saturated heterocycles. The van der Waals surface area contributed by atoms with Crippen molar-refractivity contribution in [2.45, 2.75) is 38.8 Å². The molecule has 5 rings (SSSR count). The summed E-state index contributed by atoms with van der Waals surface area (Å²) in [6.07, 6.45) is 1.14. The average Bonchev–Trinajstić information content (AvgIpc) is 3.49. The Morgan fingerprint density at radius 3 is 2.06 bits per heavy atom. The van der Waals surface area contributed by atoms with Crippen molar-refractivity contribution >= 4 is 34.6 Å². The Morgan fingerprint density at radius 2 is 1.50 bits per heavy atom. The zero-order valence-electron chi connectivity index (χ0n) is 27.0. The number of carboxylic acid groups (broad SMARTS) is 1. The highest BCUT2D eigenvalue weighted by Crippen LogP contribution is 2.37. The first-order chi connectivity index (χ1) is 23.1. The molecule has 5 aromatic rings. The Kier molecular flexibility index (Phi) is 10.4. The summed E-state index contributed by atoms with van der Waals surface area (Å²) in [5.74, 6) is -2.87. The number of benzene rings is 3. The molecule has 0 fully saturated rings. The van der Waals surface area contributed by atoms with Gasteiger partial charge in [0.1, 0.15) is 17.7 Å². The predicted molar refractivity (Wildman–Crippen MR) is 180 cm³/mol. The van der Waals surface area contributed by atoms with Gasteiger partial charge in [0.2, 0.25) is 17.7 Å². The molecule has 1 amide bonds. The largest absolute Gasteiger partial charge is 0.497 e. The minimum Gasteiger partial charge on any atom is -0.497 e. The van der Waals surface area contributed by atoms with Crippen molar-refractivity contribution in [1.29, 1.82) is 0 Å². The van der Waals surface area contributed by atoms with Crippen molar-refractivity contribution in [3.63, 3.8) is 0 Å². The van der Waals surface area contributed by atoms with Crippen molar-refractivity contribution in [2.75, 3.05) is 19.0 Å². The summed E-state index contributed by atoms with van der Waals surface area (Å²) in [4.78, 5) is 46.1. The van der Waals surface area contributed by atoms with Gasteiger partial charge >= 0.3 is 5.97 Å². The number of rotatable bonds is 15. The van der Waals surface area contributed by atoms with E-state index in [9.17, 15) is 24.6 Å². The number of carbonyl (C=O) groups excluding carboxylic acids is 2. The fourth-order valence-corrected chi connectivity index (χ4v) is 5.69. The molecule has 2 heterocycles. The van der Waals surface area contributed by atoms with Crippen molar-refractivity contribution in [3.05, 3.63) is 108 Å². The molecule has 12 heteroatoms. The Labute approximate surface area is 277 Å². The summed E-state index contributed by atoms with van der Waals surface area (Å²) in [6.45, 7) is 3.40. The third kappa shape index (κ3) is 7.34. The number of anilines is 1.